The Labute approximate surface area is 58.0 Å². The minimum absolute atomic E-state index is 0.729. The summed E-state index contributed by atoms with van der Waals surface area (Å²) >= 11 is 0. The molecule has 0 fully saturated rings. The molecule has 1 aliphatic rings. The SMILES string of the molecule is C[CH]C(C)C1=CCCC1. The van der Waals surface area contributed by atoms with Crippen molar-refractivity contribution in [3.05, 3.63) is 18.1 Å². The highest BCUT2D eigenvalue weighted by atomic mass is 14.1. The monoisotopic (exact) mass is 123 g/mol. The molecule has 0 bridgehead atoms. The first-order valence-corrected chi connectivity index (χ1v) is 3.83. The molecule has 9 heavy (non-hydrogen) atoms. The van der Waals surface area contributed by atoms with Crippen molar-refractivity contribution in [1.82, 2.24) is 0 Å². The first kappa shape index (κ1) is 6.85. The van der Waals surface area contributed by atoms with Crippen LogP contribution in [0, 0.1) is 12.3 Å². The van der Waals surface area contributed by atoms with E-state index in [0.717, 1.165) is 5.92 Å². The molecular formula is C9H15. The van der Waals surface area contributed by atoms with Crippen LogP contribution in [-0.2, 0) is 0 Å². The third-order valence-corrected chi connectivity index (χ3v) is 2.16. The second-order valence-electron chi connectivity index (χ2n) is 2.79. The van der Waals surface area contributed by atoms with E-state index in [2.05, 4.69) is 26.3 Å². The standard InChI is InChI=1S/C9H15/c1-3-8(2)9-6-4-5-7-9/h3,6,8H,4-5,7H2,1-2H3. The quantitative estimate of drug-likeness (QED) is 0.495. The molecule has 0 heteroatoms. The lowest BCUT2D eigenvalue weighted by atomic mass is 9.98. The van der Waals surface area contributed by atoms with E-state index in [4.69, 9.17) is 0 Å². The van der Waals surface area contributed by atoms with E-state index in [-0.39, 0.29) is 0 Å². The van der Waals surface area contributed by atoms with Crippen molar-refractivity contribution in [2.24, 2.45) is 5.92 Å². The molecule has 1 radical (unpaired) electrons. The van der Waals surface area contributed by atoms with Crippen LogP contribution in [0.2, 0.25) is 0 Å². The average Bonchev–Trinajstić information content (AvgIpc) is 2.37. The van der Waals surface area contributed by atoms with Gasteiger partial charge in [0.1, 0.15) is 0 Å². The van der Waals surface area contributed by atoms with Gasteiger partial charge in [-0.05, 0) is 31.6 Å². The molecule has 51 valence electrons. The van der Waals surface area contributed by atoms with Crippen molar-refractivity contribution in [1.29, 1.82) is 0 Å². The van der Waals surface area contributed by atoms with Crippen LogP contribution in [-0.4, -0.2) is 0 Å². The lowest BCUT2D eigenvalue weighted by molar-refractivity contribution is 0.745. The smallest absolute Gasteiger partial charge is 0.0203 e. The van der Waals surface area contributed by atoms with Crippen molar-refractivity contribution < 1.29 is 0 Å². The third-order valence-electron chi connectivity index (χ3n) is 2.16. The molecule has 1 unspecified atom stereocenters. The highest BCUT2D eigenvalue weighted by Crippen LogP contribution is 2.25. The zero-order valence-electron chi connectivity index (χ0n) is 6.35. The molecule has 1 rings (SSSR count). The Morgan fingerprint density at radius 2 is 2.44 bits per heavy atom. The average molecular weight is 123 g/mol. The van der Waals surface area contributed by atoms with E-state index >= 15 is 0 Å². The van der Waals surface area contributed by atoms with Crippen molar-refractivity contribution in [2.45, 2.75) is 33.1 Å². The fraction of sp³-hybridized carbons (Fsp3) is 0.667. The van der Waals surface area contributed by atoms with Gasteiger partial charge in [-0.25, -0.2) is 0 Å². The Morgan fingerprint density at radius 1 is 1.67 bits per heavy atom. The van der Waals surface area contributed by atoms with E-state index in [0.29, 0.717) is 0 Å². The van der Waals surface area contributed by atoms with Crippen LogP contribution >= 0.6 is 0 Å². The largest absolute Gasteiger partial charge is 0.0850 e. The Balaban J connectivity index is 2.40. The molecular weight excluding hydrogens is 108 g/mol. The summed E-state index contributed by atoms with van der Waals surface area (Å²) in [5, 5.41) is 0. The molecule has 0 heterocycles. The highest BCUT2D eigenvalue weighted by molar-refractivity contribution is 5.13. The van der Waals surface area contributed by atoms with Crippen LogP contribution in [0.3, 0.4) is 0 Å². The molecule has 0 saturated carbocycles. The van der Waals surface area contributed by atoms with Gasteiger partial charge in [0, 0.05) is 0 Å². The van der Waals surface area contributed by atoms with Gasteiger partial charge in [0.25, 0.3) is 0 Å². The molecule has 0 aromatic carbocycles. The Hall–Kier alpha value is -0.260. The summed E-state index contributed by atoms with van der Waals surface area (Å²) in [4.78, 5) is 0. The van der Waals surface area contributed by atoms with Gasteiger partial charge in [-0.1, -0.05) is 25.5 Å². The van der Waals surface area contributed by atoms with Gasteiger partial charge in [0.05, 0.1) is 0 Å². The van der Waals surface area contributed by atoms with Gasteiger partial charge in [-0.15, -0.1) is 0 Å². The van der Waals surface area contributed by atoms with Gasteiger partial charge in [0.15, 0.2) is 0 Å². The zero-order chi connectivity index (χ0) is 6.69. The Kier molecular flexibility index (Phi) is 2.32. The van der Waals surface area contributed by atoms with Crippen LogP contribution < -0.4 is 0 Å². The van der Waals surface area contributed by atoms with Crippen LogP contribution in [0.1, 0.15) is 33.1 Å². The fourth-order valence-corrected chi connectivity index (χ4v) is 1.32. The Morgan fingerprint density at radius 3 is 2.89 bits per heavy atom. The number of rotatable bonds is 2. The predicted molar refractivity (Wildman–Crippen MR) is 41.1 cm³/mol. The normalized spacial score (nSPS) is 21.8. The van der Waals surface area contributed by atoms with E-state index in [1.807, 2.05) is 0 Å². The number of hydrogen-bond donors (Lipinski definition) is 0. The maximum absolute atomic E-state index is 2.39. The minimum Gasteiger partial charge on any atom is -0.0850 e. The summed E-state index contributed by atoms with van der Waals surface area (Å²) in [5.41, 5.74) is 1.65. The van der Waals surface area contributed by atoms with E-state index in [1.54, 1.807) is 5.57 Å². The molecule has 0 N–H and O–H groups in total. The lowest BCUT2D eigenvalue weighted by Gasteiger charge is -2.07. The van der Waals surface area contributed by atoms with Crippen molar-refractivity contribution in [2.75, 3.05) is 0 Å². The summed E-state index contributed by atoms with van der Waals surface area (Å²) in [5.74, 6) is 0.729. The summed E-state index contributed by atoms with van der Waals surface area (Å²) in [6.45, 7) is 4.42. The third kappa shape index (κ3) is 1.57. The summed E-state index contributed by atoms with van der Waals surface area (Å²) in [7, 11) is 0. The van der Waals surface area contributed by atoms with Crippen LogP contribution in [0.15, 0.2) is 11.6 Å². The van der Waals surface area contributed by atoms with Gasteiger partial charge in [0.2, 0.25) is 0 Å². The van der Waals surface area contributed by atoms with Gasteiger partial charge < -0.3 is 0 Å². The van der Waals surface area contributed by atoms with E-state index in [1.165, 1.54) is 19.3 Å². The summed E-state index contributed by atoms with van der Waals surface area (Å²) in [6, 6.07) is 0. The van der Waals surface area contributed by atoms with Crippen molar-refractivity contribution >= 4 is 0 Å². The maximum atomic E-state index is 2.39. The van der Waals surface area contributed by atoms with E-state index in [9.17, 15) is 0 Å². The predicted octanol–water partition coefficient (Wildman–Crippen LogP) is 2.96. The summed E-state index contributed by atoms with van der Waals surface area (Å²) in [6.07, 6.45) is 8.70. The molecule has 1 aliphatic carbocycles. The molecule has 0 spiro atoms. The second kappa shape index (κ2) is 3.05. The van der Waals surface area contributed by atoms with Crippen molar-refractivity contribution in [3.63, 3.8) is 0 Å². The van der Waals surface area contributed by atoms with Gasteiger partial charge in [-0.2, -0.15) is 0 Å². The molecule has 0 aliphatic heterocycles. The molecule has 0 saturated heterocycles. The van der Waals surface area contributed by atoms with Gasteiger partial charge >= 0.3 is 0 Å². The fourth-order valence-electron chi connectivity index (χ4n) is 1.32. The van der Waals surface area contributed by atoms with Crippen LogP contribution in [0.5, 0.6) is 0 Å². The van der Waals surface area contributed by atoms with Crippen LogP contribution in [0.4, 0.5) is 0 Å². The van der Waals surface area contributed by atoms with Crippen molar-refractivity contribution in [3.8, 4) is 0 Å². The maximum Gasteiger partial charge on any atom is -0.0203 e. The first-order valence-electron chi connectivity index (χ1n) is 3.83. The first-order chi connectivity index (χ1) is 4.34. The van der Waals surface area contributed by atoms with Crippen LogP contribution in [0.25, 0.3) is 0 Å². The van der Waals surface area contributed by atoms with E-state index < -0.39 is 0 Å². The molecule has 0 aromatic rings. The number of hydrogen-bond acceptors (Lipinski definition) is 0. The molecule has 0 nitrogen and oxygen atoms in total. The molecule has 0 aromatic heterocycles. The molecule has 1 atom stereocenters. The second-order valence-corrected chi connectivity index (χ2v) is 2.79. The number of allylic oxidation sites excluding steroid dienone is 2. The highest BCUT2D eigenvalue weighted by Gasteiger charge is 2.09. The summed E-state index contributed by atoms with van der Waals surface area (Å²) < 4.78 is 0. The molecule has 0 amide bonds. The minimum atomic E-state index is 0.729. The Bertz CT molecular complexity index is 111. The van der Waals surface area contributed by atoms with Gasteiger partial charge in [-0.3, -0.25) is 0 Å². The zero-order valence-corrected chi connectivity index (χ0v) is 6.35. The lowest BCUT2D eigenvalue weighted by Crippen LogP contribution is -1.94. The topological polar surface area (TPSA) is 0 Å².